The Balaban J connectivity index is 1.02. The van der Waals surface area contributed by atoms with Crippen molar-refractivity contribution < 1.29 is 23.5 Å². The topological polar surface area (TPSA) is 102 Å². The highest BCUT2D eigenvalue weighted by Crippen LogP contribution is 2.35. The molecule has 2 aromatic carbocycles. The fourth-order valence-corrected chi connectivity index (χ4v) is 5.30. The van der Waals surface area contributed by atoms with Crippen molar-refractivity contribution >= 4 is 34.3 Å². The number of anilines is 2. The van der Waals surface area contributed by atoms with Crippen molar-refractivity contribution in [1.29, 1.82) is 0 Å². The fourth-order valence-electron chi connectivity index (χ4n) is 5.30. The predicted octanol–water partition coefficient (Wildman–Crippen LogP) is 2.96. The number of halogens is 1. The van der Waals surface area contributed by atoms with Crippen LogP contribution in [0.5, 0.6) is 5.75 Å². The number of carbonyl (C=O) groups is 2. The summed E-state index contributed by atoms with van der Waals surface area (Å²) < 4.78 is 27.2. The highest BCUT2D eigenvalue weighted by Gasteiger charge is 2.33. The molecule has 3 aromatic rings. The van der Waals surface area contributed by atoms with Gasteiger partial charge in [-0.3, -0.25) is 14.5 Å². The molecule has 0 bridgehead atoms. The van der Waals surface area contributed by atoms with E-state index < -0.39 is 6.09 Å². The van der Waals surface area contributed by atoms with Gasteiger partial charge in [0.2, 0.25) is 0 Å². The average molecular weight is 493 g/mol. The second kappa shape index (κ2) is 8.94. The summed E-state index contributed by atoms with van der Waals surface area (Å²) in [6, 6.07) is 11.7. The van der Waals surface area contributed by atoms with Crippen LogP contribution in [0.15, 0.2) is 47.3 Å². The van der Waals surface area contributed by atoms with Gasteiger partial charge in [0.1, 0.15) is 17.7 Å². The van der Waals surface area contributed by atoms with Crippen molar-refractivity contribution in [2.45, 2.75) is 31.4 Å². The quantitative estimate of drug-likeness (QED) is 0.492. The maximum absolute atomic E-state index is 14.6. The lowest BCUT2D eigenvalue weighted by atomic mass is 9.99. The zero-order valence-corrected chi connectivity index (χ0v) is 19.5. The monoisotopic (exact) mass is 492 g/mol. The van der Waals surface area contributed by atoms with E-state index in [-0.39, 0.29) is 35.9 Å². The largest absolute Gasteiger partial charge is 0.482 e. The van der Waals surface area contributed by atoms with E-state index in [1.807, 2.05) is 0 Å². The highest BCUT2D eigenvalue weighted by molar-refractivity contribution is 5.97. The number of nitrogens with zero attached hydrogens (tertiary/aromatic N) is 2. The minimum atomic E-state index is -0.423. The molecule has 10 heteroatoms. The Kier molecular flexibility index (Phi) is 5.60. The zero-order chi connectivity index (χ0) is 24.8. The van der Waals surface area contributed by atoms with E-state index in [2.05, 4.69) is 10.6 Å². The van der Waals surface area contributed by atoms with Crippen LogP contribution in [0.25, 0.3) is 10.9 Å². The number of cyclic esters (lactones) is 1. The number of aromatic nitrogens is 1. The number of nitrogens with one attached hydrogen (secondary N) is 2. The van der Waals surface area contributed by atoms with Crippen molar-refractivity contribution in [2.75, 3.05) is 36.5 Å². The molecular weight excluding hydrogens is 467 g/mol. The number of carbonyl (C=O) groups excluding carboxylic acids is 2. The molecule has 0 saturated carbocycles. The Morgan fingerprint density at radius 2 is 1.94 bits per heavy atom. The van der Waals surface area contributed by atoms with Gasteiger partial charge >= 0.3 is 6.09 Å². The lowest BCUT2D eigenvalue weighted by molar-refractivity contribution is -0.118. The van der Waals surface area contributed by atoms with Crippen LogP contribution in [0, 0.1) is 5.82 Å². The van der Waals surface area contributed by atoms with Gasteiger partial charge in [0.15, 0.2) is 6.61 Å². The predicted molar refractivity (Wildman–Crippen MR) is 131 cm³/mol. The summed E-state index contributed by atoms with van der Waals surface area (Å²) in [5.41, 5.74) is 2.36. The number of ether oxygens (including phenoxy) is 2. The molecule has 3 aliphatic heterocycles. The van der Waals surface area contributed by atoms with E-state index in [0.29, 0.717) is 60.8 Å². The van der Waals surface area contributed by atoms with Crippen molar-refractivity contribution in [3.63, 3.8) is 0 Å². The Morgan fingerprint density at radius 3 is 2.83 bits per heavy atom. The summed E-state index contributed by atoms with van der Waals surface area (Å²) in [4.78, 5) is 37.8. The third-order valence-electron chi connectivity index (χ3n) is 7.00. The Hall–Kier alpha value is -3.92. The van der Waals surface area contributed by atoms with Gasteiger partial charge in [-0.2, -0.15) is 0 Å². The summed E-state index contributed by atoms with van der Waals surface area (Å²) in [6.07, 6.45) is 0.774. The molecule has 0 spiro atoms. The number of hydrogen-bond acceptors (Lipinski definition) is 6. The van der Waals surface area contributed by atoms with Crippen LogP contribution in [-0.4, -0.2) is 48.9 Å². The third-order valence-corrected chi connectivity index (χ3v) is 7.00. The molecule has 1 saturated heterocycles. The molecule has 0 aliphatic carbocycles. The van der Waals surface area contributed by atoms with E-state index in [0.717, 1.165) is 11.8 Å². The summed E-state index contributed by atoms with van der Waals surface area (Å²) in [5.74, 6) is -0.0589. The molecule has 1 fully saturated rings. The average Bonchev–Trinajstić information content (AvgIpc) is 3.44. The maximum Gasteiger partial charge on any atom is 0.414 e. The molecule has 186 valence electrons. The SMILES string of the molecule is O=C1COc2ccc(N3C[C@@H](CCCNCC4Cn5c(=O)ccc6ccc(F)c4c65)OC3=O)cc2N1. The molecule has 36 heavy (non-hydrogen) atoms. The summed E-state index contributed by atoms with van der Waals surface area (Å²) >= 11 is 0. The number of pyridine rings is 1. The van der Waals surface area contributed by atoms with Gasteiger partial charge in [0.25, 0.3) is 11.5 Å². The minimum absolute atomic E-state index is 0.0228. The van der Waals surface area contributed by atoms with E-state index >= 15 is 0 Å². The van der Waals surface area contributed by atoms with Gasteiger partial charge in [-0.15, -0.1) is 0 Å². The smallest absolute Gasteiger partial charge is 0.414 e. The number of amides is 2. The lowest BCUT2D eigenvalue weighted by Gasteiger charge is -2.20. The van der Waals surface area contributed by atoms with Crippen LogP contribution in [0.3, 0.4) is 0 Å². The molecular formula is C26H25FN4O5. The number of rotatable bonds is 7. The van der Waals surface area contributed by atoms with Crippen molar-refractivity contribution in [2.24, 2.45) is 0 Å². The van der Waals surface area contributed by atoms with E-state index in [9.17, 15) is 18.8 Å². The first kappa shape index (κ1) is 22.5. The van der Waals surface area contributed by atoms with Crippen molar-refractivity contribution in [1.82, 2.24) is 9.88 Å². The first-order chi connectivity index (χ1) is 17.5. The van der Waals surface area contributed by atoms with Crippen molar-refractivity contribution in [3.05, 3.63) is 64.2 Å². The molecule has 2 amide bonds. The number of hydrogen-bond donors (Lipinski definition) is 2. The summed E-state index contributed by atoms with van der Waals surface area (Å²) in [7, 11) is 0. The Labute approximate surface area is 205 Å². The molecule has 0 radical (unpaired) electrons. The summed E-state index contributed by atoms with van der Waals surface area (Å²) in [5, 5.41) is 6.99. The van der Waals surface area contributed by atoms with Gasteiger partial charge in [0.05, 0.1) is 17.7 Å². The third kappa shape index (κ3) is 3.97. The number of fused-ring (bicyclic) bond motifs is 1. The normalized spacial score (nSPS) is 20.3. The molecule has 4 heterocycles. The van der Waals surface area contributed by atoms with Gasteiger partial charge in [-0.25, -0.2) is 9.18 Å². The molecule has 2 N–H and O–H groups in total. The van der Waals surface area contributed by atoms with E-state index in [4.69, 9.17) is 9.47 Å². The fraction of sp³-hybridized carbons (Fsp3) is 0.346. The van der Waals surface area contributed by atoms with Gasteiger partial charge < -0.3 is 24.7 Å². The van der Waals surface area contributed by atoms with Gasteiger partial charge in [-0.05, 0) is 61.2 Å². The van der Waals surface area contributed by atoms with Crippen LogP contribution >= 0.6 is 0 Å². The van der Waals surface area contributed by atoms with E-state index in [1.54, 1.807) is 39.8 Å². The second-order valence-corrected chi connectivity index (χ2v) is 9.36. The van der Waals surface area contributed by atoms with Crippen LogP contribution in [-0.2, 0) is 16.1 Å². The van der Waals surface area contributed by atoms with Gasteiger partial charge in [-0.1, -0.05) is 0 Å². The molecule has 1 aromatic heterocycles. The second-order valence-electron chi connectivity index (χ2n) is 9.36. The molecule has 1 unspecified atom stereocenters. The molecule has 6 rings (SSSR count). The minimum Gasteiger partial charge on any atom is -0.482 e. The first-order valence-corrected chi connectivity index (χ1v) is 12.1. The standard InChI is InChI=1S/C26H25FN4O5/c27-19-6-3-15-4-8-23(33)31-12-16(24(19)25(15)31)11-28-9-1-2-18-13-30(26(34)36-18)17-5-7-21-20(10-17)29-22(32)14-35-21/h3-8,10,16,18,28H,1-2,9,11-14H2,(H,29,32)/t16?,18-/m1/s1. The highest BCUT2D eigenvalue weighted by atomic mass is 19.1. The zero-order valence-electron chi connectivity index (χ0n) is 19.5. The van der Waals surface area contributed by atoms with E-state index in [1.165, 1.54) is 12.1 Å². The maximum atomic E-state index is 14.6. The lowest BCUT2D eigenvalue weighted by Crippen LogP contribution is -2.28. The van der Waals surface area contributed by atoms with Crippen LogP contribution in [0.1, 0.15) is 24.3 Å². The van der Waals surface area contributed by atoms with Gasteiger partial charge in [0, 0.05) is 36.3 Å². The molecule has 2 atom stereocenters. The van der Waals surface area contributed by atoms with Crippen LogP contribution in [0.2, 0.25) is 0 Å². The van der Waals surface area contributed by atoms with Crippen LogP contribution in [0.4, 0.5) is 20.6 Å². The molecule has 9 nitrogen and oxygen atoms in total. The molecule has 3 aliphatic rings. The first-order valence-electron chi connectivity index (χ1n) is 12.1. The Bertz CT molecular complexity index is 1440. The van der Waals surface area contributed by atoms with Crippen LogP contribution < -0.4 is 25.8 Å². The Morgan fingerprint density at radius 1 is 1.08 bits per heavy atom. The summed E-state index contributed by atoms with van der Waals surface area (Å²) in [6.45, 7) is 2.08. The number of benzene rings is 2. The van der Waals surface area contributed by atoms with Crippen molar-refractivity contribution in [3.8, 4) is 5.75 Å².